The fraction of sp³-hybridized carbons (Fsp3) is 0.538. The zero-order chi connectivity index (χ0) is 14.5. The van der Waals surface area contributed by atoms with Crippen molar-refractivity contribution < 1.29 is 9.59 Å². The van der Waals surface area contributed by atoms with Crippen LogP contribution < -0.4 is 5.32 Å². The van der Waals surface area contributed by atoms with Crippen LogP contribution in [0.1, 0.15) is 12.8 Å². The van der Waals surface area contributed by atoms with Gasteiger partial charge in [0.2, 0.25) is 5.95 Å². The number of likely N-dealkylation sites (tertiary alicyclic amines) is 1. The van der Waals surface area contributed by atoms with E-state index in [2.05, 4.69) is 27.2 Å². The Labute approximate surface area is 118 Å². The number of anilines is 1. The van der Waals surface area contributed by atoms with Gasteiger partial charge in [0.1, 0.15) is 0 Å². The molecule has 1 fully saturated rings. The number of nitrogens with one attached hydrogen (secondary N) is 1. The predicted octanol–water partition coefficient (Wildman–Crippen LogP) is -0.0323. The Bertz CT molecular complexity index is 471. The third-order valence-corrected chi connectivity index (χ3v) is 3.54. The van der Waals surface area contributed by atoms with Crippen LogP contribution in [0.15, 0.2) is 18.5 Å². The molecule has 1 aromatic heterocycles. The first-order valence-corrected chi connectivity index (χ1v) is 6.61. The van der Waals surface area contributed by atoms with E-state index in [4.69, 9.17) is 0 Å². The number of hydrogen-bond acceptors (Lipinski definition) is 5. The molecule has 0 aromatic carbocycles. The fourth-order valence-corrected chi connectivity index (χ4v) is 2.23. The average Bonchev–Trinajstić information content (AvgIpc) is 2.47. The Morgan fingerprint density at radius 3 is 2.50 bits per heavy atom. The third-order valence-electron chi connectivity index (χ3n) is 3.54. The zero-order valence-corrected chi connectivity index (χ0v) is 11.7. The van der Waals surface area contributed by atoms with E-state index in [9.17, 15) is 9.59 Å². The molecule has 20 heavy (non-hydrogen) atoms. The Kier molecular flexibility index (Phi) is 4.62. The standard InChI is InChI=1S/C13H19N5O2/c1-17-8-4-10(5-9-17)18(2)12(20)11(19)16-13-14-6-3-7-15-13/h3,6-7,10H,4-5,8-9H2,1-2H3,(H,14,15,16,19). The largest absolute Gasteiger partial charge is 0.334 e. The van der Waals surface area contributed by atoms with E-state index in [-0.39, 0.29) is 12.0 Å². The second-order valence-electron chi connectivity index (χ2n) is 4.98. The monoisotopic (exact) mass is 277 g/mol. The number of carbonyl (C=O) groups excluding carboxylic acids is 2. The topological polar surface area (TPSA) is 78.4 Å². The first-order valence-electron chi connectivity index (χ1n) is 6.61. The summed E-state index contributed by atoms with van der Waals surface area (Å²) >= 11 is 0. The molecular weight excluding hydrogens is 258 g/mol. The van der Waals surface area contributed by atoms with Crippen LogP contribution in [0.3, 0.4) is 0 Å². The van der Waals surface area contributed by atoms with Crippen LogP contribution in [0.5, 0.6) is 0 Å². The summed E-state index contributed by atoms with van der Waals surface area (Å²) in [7, 11) is 3.72. The molecule has 7 nitrogen and oxygen atoms in total. The van der Waals surface area contributed by atoms with Gasteiger partial charge in [0.15, 0.2) is 0 Å². The molecule has 7 heteroatoms. The highest BCUT2D eigenvalue weighted by Gasteiger charge is 2.28. The van der Waals surface area contributed by atoms with Gasteiger partial charge in [-0.15, -0.1) is 0 Å². The van der Waals surface area contributed by atoms with Gasteiger partial charge in [-0.05, 0) is 39.0 Å². The molecule has 0 saturated carbocycles. The van der Waals surface area contributed by atoms with E-state index in [1.807, 2.05) is 0 Å². The van der Waals surface area contributed by atoms with Crippen molar-refractivity contribution in [3.63, 3.8) is 0 Å². The lowest BCUT2D eigenvalue weighted by molar-refractivity contribution is -0.144. The lowest BCUT2D eigenvalue weighted by Gasteiger charge is -2.34. The van der Waals surface area contributed by atoms with Gasteiger partial charge >= 0.3 is 11.8 Å². The summed E-state index contributed by atoms with van der Waals surface area (Å²) in [4.78, 5) is 35.4. The lowest BCUT2D eigenvalue weighted by atomic mass is 10.0. The third kappa shape index (κ3) is 3.51. The molecule has 108 valence electrons. The highest BCUT2D eigenvalue weighted by atomic mass is 16.2. The number of rotatable bonds is 2. The Morgan fingerprint density at radius 1 is 1.30 bits per heavy atom. The Balaban J connectivity index is 1.91. The van der Waals surface area contributed by atoms with E-state index in [1.54, 1.807) is 13.1 Å². The predicted molar refractivity (Wildman–Crippen MR) is 74.0 cm³/mol. The quantitative estimate of drug-likeness (QED) is 0.768. The molecular formula is C13H19N5O2. The number of piperidine rings is 1. The number of aromatic nitrogens is 2. The maximum absolute atomic E-state index is 12.1. The maximum Gasteiger partial charge on any atom is 0.316 e. The van der Waals surface area contributed by atoms with Crippen LogP contribution in [0.2, 0.25) is 0 Å². The molecule has 0 atom stereocenters. The number of likely N-dealkylation sites (N-methyl/N-ethyl adjacent to an activating group) is 1. The van der Waals surface area contributed by atoms with E-state index in [0.717, 1.165) is 25.9 Å². The van der Waals surface area contributed by atoms with Gasteiger partial charge < -0.3 is 9.80 Å². The smallest absolute Gasteiger partial charge is 0.316 e. The Morgan fingerprint density at radius 2 is 1.90 bits per heavy atom. The summed E-state index contributed by atoms with van der Waals surface area (Å²) in [5.41, 5.74) is 0. The molecule has 1 aromatic rings. The molecule has 0 spiro atoms. The van der Waals surface area contributed by atoms with Crippen LogP contribution in [-0.4, -0.2) is 64.8 Å². The molecule has 1 saturated heterocycles. The maximum atomic E-state index is 12.1. The minimum atomic E-state index is -0.697. The molecule has 2 amide bonds. The number of nitrogens with zero attached hydrogens (tertiary/aromatic N) is 4. The van der Waals surface area contributed by atoms with Gasteiger partial charge in [-0.3, -0.25) is 14.9 Å². The number of amides is 2. The number of carbonyl (C=O) groups is 2. The molecule has 1 aliphatic heterocycles. The van der Waals surface area contributed by atoms with Gasteiger partial charge in [0, 0.05) is 25.5 Å². The average molecular weight is 277 g/mol. The highest BCUT2D eigenvalue weighted by Crippen LogP contribution is 2.14. The molecule has 2 rings (SSSR count). The van der Waals surface area contributed by atoms with E-state index in [1.165, 1.54) is 17.3 Å². The van der Waals surface area contributed by atoms with Crippen molar-refractivity contribution in [1.29, 1.82) is 0 Å². The molecule has 2 heterocycles. The summed E-state index contributed by atoms with van der Waals surface area (Å²) in [6.45, 7) is 1.87. The first-order chi connectivity index (χ1) is 9.58. The molecule has 1 N–H and O–H groups in total. The second kappa shape index (κ2) is 6.42. The molecule has 0 bridgehead atoms. The Hall–Kier alpha value is -2.02. The first kappa shape index (κ1) is 14.4. The normalized spacial score (nSPS) is 16.7. The van der Waals surface area contributed by atoms with Crippen LogP contribution >= 0.6 is 0 Å². The fourth-order valence-electron chi connectivity index (χ4n) is 2.23. The van der Waals surface area contributed by atoms with E-state index < -0.39 is 11.8 Å². The summed E-state index contributed by atoms with van der Waals surface area (Å²) in [6.07, 6.45) is 4.78. The van der Waals surface area contributed by atoms with Crippen molar-refractivity contribution in [2.24, 2.45) is 0 Å². The van der Waals surface area contributed by atoms with Crippen molar-refractivity contribution in [3.05, 3.63) is 18.5 Å². The number of hydrogen-bond donors (Lipinski definition) is 1. The summed E-state index contributed by atoms with van der Waals surface area (Å²) in [5, 5.41) is 2.41. The minimum Gasteiger partial charge on any atom is -0.334 e. The van der Waals surface area contributed by atoms with E-state index in [0.29, 0.717) is 0 Å². The van der Waals surface area contributed by atoms with Crippen molar-refractivity contribution in [1.82, 2.24) is 19.8 Å². The second-order valence-corrected chi connectivity index (χ2v) is 4.98. The zero-order valence-electron chi connectivity index (χ0n) is 11.7. The minimum absolute atomic E-state index is 0.112. The summed E-state index contributed by atoms with van der Waals surface area (Å²) < 4.78 is 0. The van der Waals surface area contributed by atoms with Gasteiger partial charge in [0.05, 0.1) is 0 Å². The van der Waals surface area contributed by atoms with Crippen molar-refractivity contribution >= 4 is 17.8 Å². The molecule has 0 aliphatic carbocycles. The van der Waals surface area contributed by atoms with Gasteiger partial charge in [-0.2, -0.15) is 0 Å². The van der Waals surface area contributed by atoms with Crippen molar-refractivity contribution in [3.8, 4) is 0 Å². The molecule has 0 unspecified atom stereocenters. The summed E-state index contributed by atoms with van der Waals surface area (Å²) in [6, 6.07) is 1.75. The van der Waals surface area contributed by atoms with Crippen LogP contribution in [0, 0.1) is 0 Å². The van der Waals surface area contributed by atoms with Crippen molar-refractivity contribution in [2.45, 2.75) is 18.9 Å². The van der Waals surface area contributed by atoms with Gasteiger partial charge in [0.25, 0.3) is 0 Å². The van der Waals surface area contributed by atoms with Gasteiger partial charge in [-0.25, -0.2) is 9.97 Å². The van der Waals surface area contributed by atoms with Crippen molar-refractivity contribution in [2.75, 3.05) is 32.5 Å². The SMILES string of the molecule is CN1CCC(N(C)C(=O)C(=O)Nc2ncccn2)CC1. The van der Waals surface area contributed by atoms with Crippen LogP contribution in [0.25, 0.3) is 0 Å². The summed E-state index contributed by atoms with van der Waals surface area (Å²) in [5.74, 6) is -1.10. The van der Waals surface area contributed by atoms with E-state index >= 15 is 0 Å². The van der Waals surface area contributed by atoms with Crippen LogP contribution in [0.4, 0.5) is 5.95 Å². The van der Waals surface area contributed by atoms with Crippen LogP contribution in [-0.2, 0) is 9.59 Å². The highest BCUT2D eigenvalue weighted by molar-refractivity contribution is 6.39. The van der Waals surface area contributed by atoms with Gasteiger partial charge in [-0.1, -0.05) is 0 Å². The molecule has 1 aliphatic rings. The molecule has 0 radical (unpaired) electrons. The lowest BCUT2D eigenvalue weighted by Crippen LogP contribution is -2.48.